The van der Waals surface area contributed by atoms with E-state index in [-0.39, 0.29) is 0 Å². The van der Waals surface area contributed by atoms with Crippen LogP contribution in [-0.2, 0) is 6.42 Å². The van der Waals surface area contributed by atoms with Gasteiger partial charge in [0, 0.05) is 22.3 Å². The van der Waals surface area contributed by atoms with Crippen molar-refractivity contribution < 1.29 is 0 Å². The Kier molecular flexibility index (Phi) is 2.86. The first kappa shape index (κ1) is 8.21. The number of nitrogens with zero attached hydrogens (tertiary/aromatic N) is 1. The lowest BCUT2D eigenvalue weighted by atomic mass is 10.3. The maximum Gasteiger partial charge on any atom is 0.0939 e. The zero-order valence-electron chi connectivity index (χ0n) is 6.10. The van der Waals surface area contributed by atoms with Gasteiger partial charge in [0.05, 0.1) is 5.01 Å². The van der Waals surface area contributed by atoms with Crippen LogP contribution >= 0.6 is 27.3 Å². The van der Waals surface area contributed by atoms with E-state index in [4.69, 9.17) is 0 Å². The van der Waals surface area contributed by atoms with Crippen LogP contribution in [0.25, 0.3) is 0 Å². The Labute approximate surface area is 73.6 Å². The Morgan fingerprint density at radius 2 is 2.50 bits per heavy atom. The molecule has 1 aromatic rings. The summed E-state index contributed by atoms with van der Waals surface area (Å²) in [5.74, 6) is 0. The van der Waals surface area contributed by atoms with Crippen LogP contribution in [0.4, 0.5) is 0 Å². The van der Waals surface area contributed by atoms with Crippen molar-refractivity contribution in [1.82, 2.24) is 4.98 Å². The minimum absolute atomic E-state index is 0.540. The highest BCUT2D eigenvalue weighted by atomic mass is 79.9. The van der Waals surface area contributed by atoms with Gasteiger partial charge in [-0.2, -0.15) is 0 Å². The Balaban J connectivity index is 2.58. The summed E-state index contributed by atoms with van der Waals surface area (Å²) >= 11 is 5.22. The van der Waals surface area contributed by atoms with Crippen molar-refractivity contribution in [3.63, 3.8) is 0 Å². The molecule has 56 valence electrons. The van der Waals surface area contributed by atoms with Gasteiger partial charge in [-0.25, -0.2) is 4.98 Å². The van der Waals surface area contributed by atoms with Gasteiger partial charge in [-0.1, -0.05) is 22.9 Å². The van der Waals surface area contributed by atoms with Crippen molar-refractivity contribution in [1.29, 1.82) is 0 Å². The van der Waals surface area contributed by atoms with Gasteiger partial charge in [0.25, 0.3) is 0 Å². The maximum atomic E-state index is 4.34. The minimum atomic E-state index is 0.540. The zero-order valence-corrected chi connectivity index (χ0v) is 8.50. The lowest BCUT2D eigenvalue weighted by Gasteiger charge is -1.95. The van der Waals surface area contributed by atoms with E-state index in [1.807, 2.05) is 6.92 Å². The van der Waals surface area contributed by atoms with E-state index in [0.29, 0.717) is 4.83 Å². The van der Waals surface area contributed by atoms with Gasteiger partial charge in [-0.15, -0.1) is 11.3 Å². The fourth-order valence-corrected chi connectivity index (χ4v) is 2.16. The molecule has 10 heavy (non-hydrogen) atoms. The van der Waals surface area contributed by atoms with Crippen LogP contribution in [0.3, 0.4) is 0 Å². The lowest BCUT2D eigenvalue weighted by molar-refractivity contribution is 0.936. The first-order chi connectivity index (χ1) is 4.68. The molecule has 0 aromatic carbocycles. The third-order valence-electron chi connectivity index (χ3n) is 1.12. The van der Waals surface area contributed by atoms with Crippen LogP contribution in [0.2, 0.25) is 0 Å². The van der Waals surface area contributed by atoms with E-state index in [0.717, 1.165) is 12.1 Å². The smallest absolute Gasteiger partial charge is 0.0939 e. The molecule has 0 bridgehead atoms. The molecule has 0 aliphatic heterocycles. The third-order valence-corrected chi connectivity index (χ3v) is 2.44. The first-order valence-corrected chi connectivity index (χ1v) is 5.03. The summed E-state index contributed by atoms with van der Waals surface area (Å²) in [5.41, 5.74) is 1.13. The van der Waals surface area contributed by atoms with E-state index in [9.17, 15) is 0 Å². The molecule has 1 rings (SSSR count). The van der Waals surface area contributed by atoms with Crippen molar-refractivity contribution in [2.24, 2.45) is 0 Å². The van der Waals surface area contributed by atoms with E-state index in [2.05, 4.69) is 33.2 Å². The highest BCUT2D eigenvalue weighted by Gasteiger charge is 2.01. The normalized spacial score (nSPS) is 13.5. The number of alkyl halides is 1. The zero-order chi connectivity index (χ0) is 7.56. The van der Waals surface area contributed by atoms with E-state index >= 15 is 0 Å². The molecule has 0 amide bonds. The van der Waals surface area contributed by atoms with E-state index < -0.39 is 0 Å². The molecule has 0 saturated heterocycles. The van der Waals surface area contributed by atoms with Crippen LogP contribution in [0.5, 0.6) is 0 Å². The van der Waals surface area contributed by atoms with Gasteiger partial charge in [0.15, 0.2) is 0 Å². The molecule has 0 fully saturated rings. The quantitative estimate of drug-likeness (QED) is 0.698. The highest BCUT2D eigenvalue weighted by molar-refractivity contribution is 9.09. The van der Waals surface area contributed by atoms with Crippen molar-refractivity contribution in [2.45, 2.75) is 25.1 Å². The van der Waals surface area contributed by atoms with Crippen molar-refractivity contribution >= 4 is 27.3 Å². The van der Waals surface area contributed by atoms with Gasteiger partial charge in [-0.3, -0.25) is 0 Å². The fourth-order valence-electron chi connectivity index (χ4n) is 0.737. The number of thiazole rings is 1. The molecule has 0 radical (unpaired) electrons. The monoisotopic (exact) mass is 219 g/mol. The Bertz CT molecular complexity index is 207. The number of rotatable bonds is 2. The number of halogens is 1. The molecule has 1 nitrogen and oxygen atoms in total. The standard InChI is InChI=1S/C7H10BrNS/c1-5(8)3-7-9-6(2)4-10-7/h4-5H,3H2,1-2H3. The van der Waals surface area contributed by atoms with E-state index in [1.165, 1.54) is 5.01 Å². The van der Waals surface area contributed by atoms with Gasteiger partial charge in [-0.05, 0) is 6.92 Å². The molecule has 3 heteroatoms. The number of aromatic nitrogens is 1. The summed E-state index contributed by atoms with van der Waals surface area (Å²) in [6, 6.07) is 0. The number of hydrogen-bond donors (Lipinski definition) is 0. The molecule has 0 aliphatic rings. The summed E-state index contributed by atoms with van der Waals surface area (Å²) in [6.45, 7) is 4.16. The molecule has 0 saturated carbocycles. The molecule has 1 aromatic heterocycles. The Morgan fingerprint density at radius 3 is 2.90 bits per heavy atom. The average molecular weight is 220 g/mol. The summed E-state index contributed by atoms with van der Waals surface area (Å²) < 4.78 is 0. The molecular weight excluding hydrogens is 210 g/mol. The molecule has 0 aliphatic carbocycles. The molecule has 0 spiro atoms. The average Bonchev–Trinajstić information content (AvgIpc) is 2.13. The van der Waals surface area contributed by atoms with Gasteiger partial charge in [0.1, 0.15) is 0 Å². The second-order valence-corrected chi connectivity index (χ2v) is 4.87. The second kappa shape index (κ2) is 3.49. The summed E-state index contributed by atoms with van der Waals surface area (Å²) in [4.78, 5) is 4.88. The lowest BCUT2D eigenvalue weighted by Crippen LogP contribution is -1.94. The number of hydrogen-bond acceptors (Lipinski definition) is 2. The Morgan fingerprint density at radius 1 is 1.80 bits per heavy atom. The summed E-state index contributed by atoms with van der Waals surface area (Å²) in [6.07, 6.45) is 1.04. The molecular formula is C7H10BrNS. The van der Waals surface area contributed by atoms with Crippen LogP contribution in [0, 0.1) is 6.92 Å². The van der Waals surface area contributed by atoms with E-state index in [1.54, 1.807) is 11.3 Å². The predicted octanol–water partition coefficient (Wildman–Crippen LogP) is 2.78. The van der Waals surface area contributed by atoms with Crippen LogP contribution in [-0.4, -0.2) is 9.81 Å². The van der Waals surface area contributed by atoms with Gasteiger partial charge < -0.3 is 0 Å². The Hall–Kier alpha value is 0.110. The van der Waals surface area contributed by atoms with Crippen LogP contribution in [0.15, 0.2) is 5.38 Å². The summed E-state index contributed by atoms with van der Waals surface area (Å²) in [5, 5.41) is 3.31. The van der Waals surface area contributed by atoms with Crippen LogP contribution < -0.4 is 0 Å². The van der Waals surface area contributed by atoms with Crippen molar-refractivity contribution in [2.75, 3.05) is 0 Å². The third kappa shape index (κ3) is 2.39. The molecule has 1 atom stereocenters. The highest BCUT2D eigenvalue weighted by Crippen LogP contribution is 2.13. The topological polar surface area (TPSA) is 12.9 Å². The number of aryl methyl sites for hydroxylation is 1. The van der Waals surface area contributed by atoms with Gasteiger partial charge >= 0.3 is 0 Å². The van der Waals surface area contributed by atoms with Crippen LogP contribution in [0.1, 0.15) is 17.6 Å². The maximum absolute atomic E-state index is 4.34. The summed E-state index contributed by atoms with van der Waals surface area (Å²) in [7, 11) is 0. The second-order valence-electron chi connectivity index (χ2n) is 2.37. The predicted molar refractivity (Wildman–Crippen MR) is 48.9 cm³/mol. The largest absolute Gasteiger partial charge is 0.247 e. The first-order valence-electron chi connectivity index (χ1n) is 3.23. The molecule has 1 unspecified atom stereocenters. The van der Waals surface area contributed by atoms with Gasteiger partial charge in [0.2, 0.25) is 0 Å². The molecule has 1 heterocycles. The van der Waals surface area contributed by atoms with Crippen molar-refractivity contribution in [3.8, 4) is 0 Å². The van der Waals surface area contributed by atoms with Crippen molar-refractivity contribution in [3.05, 3.63) is 16.1 Å². The molecule has 0 N–H and O–H groups in total. The fraction of sp³-hybridized carbons (Fsp3) is 0.571. The SMILES string of the molecule is Cc1csc(CC(C)Br)n1. The minimum Gasteiger partial charge on any atom is -0.247 e.